The van der Waals surface area contributed by atoms with Crippen molar-refractivity contribution in [2.45, 2.75) is 47.0 Å². The molecule has 110 valence electrons. The van der Waals surface area contributed by atoms with Gasteiger partial charge in [0, 0.05) is 12.0 Å². The zero-order valence-corrected chi connectivity index (χ0v) is 12.5. The first kappa shape index (κ1) is 16.2. The average Bonchev–Trinajstić information content (AvgIpc) is 2.26. The number of carbonyl (C=O) groups excluding carboxylic acids is 2. The van der Waals surface area contributed by atoms with Crippen molar-refractivity contribution in [3.8, 4) is 0 Å². The molecule has 1 aliphatic carbocycles. The highest BCUT2D eigenvalue weighted by Gasteiger charge is 2.32. The van der Waals surface area contributed by atoms with Crippen LogP contribution in [0.15, 0.2) is 34.3 Å². The lowest BCUT2D eigenvalue weighted by Gasteiger charge is -2.18. The van der Waals surface area contributed by atoms with Crippen LogP contribution in [0.5, 0.6) is 0 Å². The van der Waals surface area contributed by atoms with E-state index in [1.54, 1.807) is 0 Å². The number of hydrogen-bond acceptors (Lipinski definition) is 4. The van der Waals surface area contributed by atoms with Gasteiger partial charge < -0.3 is 10.2 Å². The molecule has 0 aliphatic heterocycles. The number of aliphatic hydroxyl groups excluding tert-OH is 2. The number of allylic oxidation sites excluding steroid dienone is 5. The average molecular weight is 278 g/mol. The van der Waals surface area contributed by atoms with Gasteiger partial charge in [0.2, 0.25) is 0 Å². The first-order valence-corrected chi connectivity index (χ1v) is 6.78. The molecule has 0 saturated heterocycles. The molecule has 0 radical (unpaired) electrons. The van der Waals surface area contributed by atoms with Crippen molar-refractivity contribution in [1.29, 1.82) is 0 Å². The smallest absolute Gasteiger partial charge is 0.177 e. The summed E-state index contributed by atoms with van der Waals surface area (Å²) in [4.78, 5) is 23.7. The lowest BCUT2D eigenvalue weighted by Crippen LogP contribution is -2.23. The third-order valence-electron chi connectivity index (χ3n) is 3.06. The van der Waals surface area contributed by atoms with E-state index < -0.39 is 5.78 Å². The first-order chi connectivity index (χ1) is 9.23. The number of ketones is 2. The van der Waals surface area contributed by atoms with Gasteiger partial charge in [0.1, 0.15) is 11.5 Å². The fourth-order valence-corrected chi connectivity index (χ4v) is 2.06. The topological polar surface area (TPSA) is 74.6 Å². The summed E-state index contributed by atoms with van der Waals surface area (Å²) in [6, 6.07) is 0. The van der Waals surface area contributed by atoms with Gasteiger partial charge in [-0.25, -0.2) is 0 Å². The molecule has 0 fully saturated rings. The molecule has 0 saturated carbocycles. The van der Waals surface area contributed by atoms with Crippen molar-refractivity contribution >= 4 is 11.6 Å². The van der Waals surface area contributed by atoms with Crippen LogP contribution in [0.3, 0.4) is 0 Å². The van der Waals surface area contributed by atoms with Gasteiger partial charge in [-0.3, -0.25) is 9.59 Å². The lowest BCUT2D eigenvalue weighted by molar-refractivity contribution is -0.124. The fraction of sp³-hybridized carbons (Fsp3) is 0.500. The molecule has 0 amide bonds. The maximum Gasteiger partial charge on any atom is 0.177 e. The van der Waals surface area contributed by atoms with E-state index in [1.165, 1.54) is 0 Å². The predicted molar refractivity (Wildman–Crippen MR) is 77.4 cm³/mol. The second kappa shape index (κ2) is 6.55. The molecule has 0 spiro atoms. The number of carbonyl (C=O) groups is 2. The van der Waals surface area contributed by atoms with Crippen LogP contribution in [0.25, 0.3) is 0 Å². The van der Waals surface area contributed by atoms with E-state index in [4.69, 9.17) is 0 Å². The van der Waals surface area contributed by atoms with Crippen LogP contribution in [0.1, 0.15) is 47.0 Å². The molecule has 0 unspecified atom stereocenters. The summed E-state index contributed by atoms with van der Waals surface area (Å²) in [5, 5.41) is 20.2. The third kappa shape index (κ3) is 3.83. The molecule has 2 N–H and O–H groups in total. The van der Waals surface area contributed by atoms with E-state index in [-0.39, 0.29) is 47.2 Å². The van der Waals surface area contributed by atoms with E-state index in [1.807, 2.05) is 33.8 Å². The molecule has 1 aliphatic rings. The van der Waals surface area contributed by atoms with Crippen molar-refractivity contribution in [3.63, 3.8) is 0 Å². The Morgan fingerprint density at radius 1 is 1.25 bits per heavy atom. The summed E-state index contributed by atoms with van der Waals surface area (Å²) in [5.41, 5.74) is 1.14. The summed E-state index contributed by atoms with van der Waals surface area (Å²) in [7, 11) is 0. The zero-order valence-electron chi connectivity index (χ0n) is 12.5. The Hall–Kier alpha value is -1.84. The van der Waals surface area contributed by atoms with Crippen LogP contribution in [-0.4, -0.2) is 21.8 Å². The largest absolute Gasteiger partial charge is 0.511 e. The summed E-state index contributed by atoms with van der Waals surface area (Å²) >= 11 is 0. The fourth-order valence-electron chi connectivity index (χ4n) is 2.06. The highest BCUT2D eigenvalue weighted by molar-refractivity contribution is 6.19. The van der Waals surface area contributed by atoms with E-state index in [2.05, 4.69) is 0 Å². The predicted octanol–water partition coefficient (Wildman–Crippen LogP) is 3.55. The number of aliphatic hydroxyl groups is 2. The molecule has 4 nitrogen and oxygen atoms in total. The SMILES string of the molecule is CC(C)=CCC1=C(O)C(=C(O)CC(C)C)C(=O)CC1=O. The minimum Gasteiger partial charge on any atom is -0.511 e. The van der Waals surface area contributed by atoms with Gasteiger partial charge in [0.25, 0.3) is 0 Å². The molecule has 0 aromatic rings. The summed E-state index contributed by atoms with van der Waals surface area (Å²) < 4.78 is 0. The van der Waals surface area contributed by atoms with Crippen LogP contribution < -0.4 is 0 Å². The maximum atomic E-state index is 11.9. The standard InChI is InChI=1S/C16H22O4/c1-9(2)5-6-11-12(17)8-14(19)15(16(11)20)13(18)7-10(3)4/h5,10,18,20H,6-8H2,1-4H3. The normalized spacial score (nSPS) is 18.6. The number of hydrogen-bond donors (Lipinski definition) is 2. The quantitative estimate of drug-likeness (QED) is 0.357. The summed E-state index contributed by atoms with van der Waals surface area (Å²) in [6.07, 6.45) is 2.11. The number of Topliss-reactive ketones (excluding diaryl/α,β-unsaturated/α-hetero) is 2. The van der Waals surface area contributed by atoms with Crippen LogP contribution in [0, 0.1) is 5.92 Å². The van der Waals surface area contributed by atoms with Gasteiger partial charge in [0.15, 0.2) is 11.6 Å². The Morgan fingerprint density at radius 3 is 2.35 bits per heavy atom. The highest BCUT2D eigenvalue weighted by Crippen LogP contribution is 2.29. The molecule has 4 heteroatoms. The molecular weight excluding hydrogens is 256 g/mol. The number of rotatable bonds is 4. The van der Waals surface area contributed by atoms with Crippen molar-refractivity contribution in [2.75, 3.05) is 0 Å². The molecule has 0 atom stereocenters. The molecule has 0 bridgehead atoms. The van der Waals surface area contributed by atoms with E-state index in [0.717, 1.165) is 5.57 Å². The van der Waals surface area contributed by atoms with Gasteiger partial charge in [-0.15, -0.1) is 0 Å². The highest BCUT2D eigenvalue weighted by atomic mass is 16.3. The molecule has 20 heavy (non-hydrogen) atoms. The van der Waals surface area contributed by atoms with E-state index >= 15 is 0 Å². The third-order valence-corrected chi connectivity index (χ3v) is 3.06. The van der Waals surface area contributed by atoms with Crippen LogP contribution in [-0.2, 0) is 9.59 Å². The Balaban J connectivity index is 3.26. The van der Waals surface area contributed by atoms with Gasteiger partial charge >= 0.3 is 0 Å². The van der Waals surface area contributed by atoms with Crippen molar-refractivity contribution in [2.24, 2.45) is 5.92 Å². The maximum absolute atomic E-state index is 11.9. The first-order valence-electron chi connectivity index (χ1n) is 6.78. The van der Waals surface area contributed by atoms with Gasteiger partial charge in [0.05, 0.1) is 12.0 Å². The summed E-state index contributed by atoms with van der Waals surface area (Å²) in [5.74, 6) is -1.22. The van der Waals surface area contributed by atoms with Crippen LogP contribution in [0.2, 0.25) is 0 Å². The Morgan fingerprint density at radius 2 is 1.85 bits per heavy atom. The van der Waals surface area contributed by atoms with Crippen LogP contribution in [0.4, 0.5) is 0 Å². The molecular formula is C16H22O4. The van der Waals surface area contributed by atoms with Crippen LogP contribution >= 0.6 is 0 Å². The van der Waals surface area contributed by atoms with E-state index in [9.17, 15) is 19.8 Å². The molecule has 0 heterocycles. The Kier molecular flexibility index (Phi) is 5.31. The monoisotopic (exact) mass is 278 g/mol. The molecule has 0 aromatic carbocycles. The minimum absolute atomic E-state index is 0.0875. The van der Waals surface area contributed by atoms with E-state index in [0.29, 0.717) is 6.42 Å². The second-order valence-electron chi connectivity index (χ2n) is 5.76. The van der Waals surface area contributed by atoms with Gasteiger partial charge in [-0.1, -0.05) is 25.5 Å². The zero-order chi connectivity index (χ0) is 15.4. The lowest BCUT2D eigenvalue weighted by atomic mass is 9.87. The second-order valence-corrected chi connectivity index (χ2v) is 5.76. The minimum atomic E-state index is -0.508. The summed E-state index contributed by atoms with van der Waals surface area (Å²) in [6.45, 7) is 7.59. The Bertz CT molecular complexity index is 515. The van der Waals surface area contributed by atoms with Gasteiger partial charge in [-0.2, -0.15) is 0 Å². The van der Waals surface area contributed by atoms with Crippen molar-refractivity contribution in [1.82, 2.24) is 0 Å². The Labute approximate surface area is 119 Å². The van der Waals surface area contributed by atoms with Crippen molar-refractivity contribution in [3.05, 3.63) is 34.3 Å². The van der Waals surface area contributed by atoms with Gasteiger partial charge in [-0.05, 0) is 26.2 Å². The molecule has 0 aromatic heterocycles. The van der Waals surface area contributed by atoms with Crippen molar-refractivity contribution < 1.29 is 19.8 Å². The molecule has 1 rings (SSSR count).